The number of benzene rings is 2. The predicted molar refractivity (Wildman–Crippen MR) is 118 cm³/mol. The van der Waals surface area contributed by atoms with Crippen LogP contribution in [0.25, 0.3) is 0 Å². The van der Waals surface area contributed by atoms with E-state index in [-0.39, 0.29) is 5.91 Å². The second-order valence-electron chi connectivity index (χ2n) is 9.77. The first-order chi connectivity index (χ1) is 14.2. The van der Waals surface area contributed by atoms with Crippen molar-refractivity contribution >= 4 is 17.3 Å². The quantitative estimate of drug-likeness (QED) is 0.702. The van der Waals surface area contributed by atoms with Gasteiger partial charge < -0.3 is 10.2 Å². The normalized spacial score (nSPS) is 29.2. The molecule has 29 heavy (non-hydrogen) atoms. The SMILES string of the molecule is Cc1ccccc1C(=O)Nc1cc2c3c(c1)[C@@H]1CCC[C@H]1CN3C[C@H]1CCC[C@H]21. The number of hydrogen-bond donors (Lipinski definition) is 1. The minimum absolute atomic E-state index is 0.0182. The first-order valence-electron chi connectivity index (χ1n) is 11.5. The van der Waals surface area contributed by atoms with Crippen molar-refractivity contribution in [3.05, 3.63) is 58.7 Å². The van der Waals surface area contributed by atoms with Crippen molar-refractivity contribution in [2.45, 2.75) is 57.3 Å². The van der Waals surface area contributed by atoms with Gasteiger partial charge in [0.2, 0.25) is 0 Å². The molecule has 2 saturated carbocycles. The monoisotopic (exact) mass is 386 g/mol. The minimum Gasteiger partial charge on any atom is -0.370 e. The van der Waals surface area contributed by atoms with E-state index < -0.39 is 0 Å². The number of fused-ring (bicyclic) bond motifs is 4. The average molecular weight is 387 g/mol. The molecule has 0 saturated heterocycles. The molecule has 0 radical (unpaired) electrons. The molecule has 2 aromatic rings. The maximum atomic E-state index is 13.0. The van der Waals surface area contributed by atoms with E-state index >= 15 is 0 Å². The van der Waals surface area contributed by atoms with Gasteiger partial charge >= 0.3 is 0 Å². The zero-order chi connectivity index (χ0) is 19.5. The van der Waals surface area contributed by atoms with Crippen LogP contribution in [-0.4, -0.2) is 19.0 Å². The lowest BCUT2D eigenvalue weighted by atomic mass is 9.75. The average Bonchev–Trinajstić information content (AvgIpc) is 3.37. The smallest absolute Gasteiger partial charge is 0.255 e. The summed E-state index contributed by atoms with van der Waals surface area (Å²) in [5.74, 6) is 3.00. The van der Waals surface area contributed by atoms with Gasteiger partial charge in [-0.2, -0.15) is 0 Å². The highest BCUT2D eigenvalue weighted by Gasteiger charge is 2.44. The fourth-order valence-electron chi connectivity index (χ4n) is 6.86. The van der Waals surface area contributed by atoms with E-state index in [0.717, 1.165) is 28.7 Å². The third-order valence-corrected chi connectivity index (χ3v) is 8.16. The Hall–Kier alpha value is -2.29. The van der Waals surface area contributed by atoms with Crippen molar-refractivity contribution in [1.82, 2.24) is 0 Å². The van der Waals surface area contributed by atoms with E-state index in [4.69, 9.17) is 0 Å². The van der Waals surface area contributed by atoms with Crippen LogP contribution in [0.15, 0.2) is 36.4 Å². The van der Waals surface area contributed by atoms with E-state index in [9.17, 15) is 4.79 Å². The molecule has 3 heteroatoms. The standard InChI is InChI=1S/C26H30N2O/c1-16-6-2-3-9-20(16)26(29)27-19-12-23-21-10-4-7-17(21)14-28-15-18-8-5-11-22(18)24(13-19)25(23)28/h2-3,6,9,12-13,17-18,21-22H,4-5,7-8,10-11,14-15H2,1H3,(H,27,29)/t17-,18+,21+,22-. The van der Waals surface area contributed by atoms with Gasteiger partial charge in [0.1, 0.15) is 0 Å². The second kappa shape index (κ2) is 6.62. The Morgan fingerprint density at radius 1 is 0.931 bits per heavy atom. The van der Waals surface area contributed by atoms with Crippen LogP contribution >= 0.6 is 0 Å². The first-order valence-corrected chi connectivity index (χ1v) is 11.5. The summed E-state index contributed by atoms with van der Waals surface area (Å²) in [6, 6.07) is 12.5. The van der Waals surface area contributed by atoms with E-state index in [1.165, 1.54) is 62.7 Å². The lowest BCUT2D eigenvalue weighted by molar-refractivity contribution is 0.102. The van der Waals surface area contributed by atoms with Gasteiger partial charge in [-0.05, 0) is 91.2 Å². The summed E-state index contributed by atoms with van der Waals surface area (Å²) in [5, 5.41) is 3.27. The molecular weight excluding hydrogens is 356 g/mol. The highest BCUT2D eigenvalue weighted by atomic mass is 16.1. The van der Waals surface area contributed by atoms with Crippen molar-refractivity contribution < 1.29 is 4.79 Å². The Kier molecular flexibility index (Phi) is 4.01. The van der Waals surface area contributed by atoms with E-state index in [1.807, 2.05) is 31.2 Å². The number of carbonyl (C=O) groups is 1. The summed E-state index contributed by atoms with van der Waals surface area (Å²) in [6.07, 6.45) is 8.06. The zero-order valence-corrected chi connectivity index (χ0v) is 17.3. The van der Waals surface area contributed by atoms with Crippen molar-refractivity contribution in [2.24, 2.45) is 11.8 Å². The fraction of sp³-hybridized carbons (Fsp3) is 0.500. The maximum Gasteiger partial charge on any atom is 0.255 e. The van der Waals surface area contributed by atoms with Gasteiger partial charge in [0.05, 0.1) is 0 Å². The van der Waals surface area contributed by atoms with E-state index in [1.54, 1.807) is 5.69 Å². The Labute approximate surface area is 173 Å². The van der Waals surface area contributed by atoms with Crippen LogP contribution in [-0.2, 0) is 0 Å². The van der Waals surface area contributed by atoms with Crippen molar-refractivity contribution in [1.29, 1.82) is 0 Å². The Balaban J connectivity index is 1.43. The molecule has 0 bridgehead atoms. The number of amides is 1. The Morgan fingerprint density at radius 2 is 1.55 bits per heavy atom. The molecule has 0 aromatic heterocycles. The number of hydrogen-bond acceptors (Lipinski definition) is 2. The molecule has 4 aliphatic rings. The zero-order valence-electron chi connectivity index (χ0n) is 17.3. The molecule has 2 aliphatic heterocycles. The van der Waals surface area contributed by atoms with E-state index in [2.05, 4.69) is 22.3 Å². The van der Waals surface area contributed by atoms with E-state index in [0.29, 0.717) is 11.8 Å². The molecule has 1 amide bonds. The number of aryl methyl sites for hydroxylation is 1. The van der Waals surface area contributed by atoms with Crippen molar-refractivity contribution in [2.75, 3.05) is 23.3 Å². The number of nitrogens with one attached hydrogen (secondary N) is 1. The van der Waals surface area contributed by atoms with Gasteiger partial charge in [0, 0.05) is 30.0 Å². The number of anilines is 2. The summed E-state index contributed by atoms with van der Waals surface area (Å²) >= 11 is 0. The predicted octanol–water partition coefficient (Wildman–Crippen LogP) is 5.85. The summed E-state index contributed by atoms with van der Waals surface area (Å²) in [7, 11) is 0. The topological polar surface area (TPSA) is 32.3 Å². The molecule has 2 fully saturated rings. The molecule has 1 N–H and O–H groups in total. The molecule has 0 unspecified atom stereocenters. The van der Waals surface area contributed by atoms with Crippen LogP contribution in [0.1, 0.15) is 77.4 Å². The molecule has 0 spiro atoms. The van der Waals surface area contributed by atoms with Gasteiger partial charge in [-0.25, -0.2) is 0 Å². The molecule has 4 atom stereocenters. The van der Waals surface area contributed by atoms with Crippen LogP contribution in [0.2, 0.25) is 0 Å². The van der Waals surface area contributed by atoms with Crippen LogP contribution < -0.4 is 10.2 Å². The molecule has 2 heterocycles. The molecule has 2 aliphatic carbocycles. The summed E-state index contributed by atoms with van der Waals surface area (Å²) in [5.41, 5.74) is 7.42. The highest BCUT2D eigenvalue weighted by Crippen LogP contribution is 2.56. The van der Waals surface area contributed by atoms with Gasteiger partial charge in [0.25, 0.3) is 5.91 Å². The third-order valence-electron chi connectivity index (χ3n) is 8.16. The van der Waals surface area contributed by atoms with Gasteiger partial charge in [0.15, 0.2) is 0 Å². The van der Waals surface area contributed by atoms with Crippen LogP contribution in [0, 0.1) is 18.8 Å². The lowest BCUT2D eigenvalue weighted by Crippen LogP contribution is -2.43. The lowest BCUT2D eigenvalue weighted by Gasteiger charge is -2.46. The Bertz CT molecular complexity index is 935. The van der Waals surface area contributed by atoms with Crippen LogP contribution in [0.3, 0.4) is 0 Å². The summed E-state index contributed by atoms with van der Waals surface area (Å²) in [6.45, 7) is 4.52. The summed E-state index contributed by atoms with van der Waals surface area (Å²) < 4.78 is 0. The minimum atomic E-state index is 0.0182. The van der Waals surface area contributed by atoms with Crippen molar-refractivity contribution in [3.63, 3.8) is 0 Å². The molecule has 6 rings (SSSR count). The van der Waals surface area contributed by atoms with Crippen LogP contribution in [0.5, 0.6) is 0 Å². The maximum absolute atomic E-state index is 13.0. The number of carbonyl (C=O) groups excluding carboxylic acids is 1. The first kappa shape index (κ1) is 17.6. The molecule has 150 valence electrons. The molecular formula is C26H30N2O. The highest BCUT2D eigenvalue weighted by molar-refractivity contribution is 6.05. The number of rotatable bonds is 2. The second-order valence-corrected chi connectivity index (χ2v) is 9.77. The van der Waals surface area contributed by atoms with Crippen molar-refractivity contribution in [3.8, 4) is 0 Å². The molecule has 2 aromatic carbocycles. The third kappa shape index (κ3) is 2.73. The van der Waals surface area contributed by atoms with Gasteiger partial charge in [-0.3, -0.25) is 4.79 Å². The molecule has 3 nitrogen and oxygen atoms in total. The largest absolute Gasteiger partial charge is 0.370 e. The van der Waals surface area contributed by atoms with Crippen LogP contribution in [0.4, 0.5) is 11.4 Å². The van der Waals surface area contributed by atoms with Gasteiger partial charge in [-0.15, -0.1) is 0 Å². The number of nitrogens with zero attached hydrogens (tertiary/aromatic N) is 1. The fourth-order valence-corrected chi connectivity index (χ4v) is 6.86. The Morgan fingerprint density at radius 3 is 2.17 bits per heavy atom. The summed E-state index contributed by atoms with van der Waals surface area (Å²) in [4.78, 5) is 15.7. The van der Waals surface area contributed by atoms with Gasteiger partial charge in [-0.1, -0.05) is 31.0 Å².